The van der Waals surface area contributed by atoms with Gasteiger partial charge in [0.15, 0.2) is 0 Å². The Morgan fingerprint density at radius 3 is 2.67 bits per heavy atom. The van der Waals surface area contributed by atoms with Crippen LogP contribution in [0, 0.1) is 0 Å². The Bertz CT molecular complexity index is 976. The Labute approximate surface area is 159 Å². The highest BCUT2D eigenvalue weighted by molar-refractivity contribution is 6.30. The topological polar surface area (TPSA) is 93.5 Å². The third-order valence-electron chi connectivity index (χ3n) is 3.32. The first-order chi connectivity index (χ1) is 13.1. The zero-order valence-corrected chi connectivity index (χ0v) is 14.6. The SMILES string of the molecule is O=C(Oc1cccc(/C=N/NC(=O)c2cnccn2)c1)c1ccc(Cl)cc1. The molecule has 0 fully saturated rings. The van der Waals surface area contributed by atoms with Gasteiger partial charge in [-0.2, -0.15) is 5.10 Å². The first-order valence-corrected chi connectivity index (χ1v) is 8.17. The first-order valence-electron chi connectivity index (χ1n) is 7.79. The monoisotopic (exact) mass is 380 g/mol. The minimum Gasteiger partial charge on any atom is -0.423 e. The number of hydrogen-bond donors (Lipinski definition) is 1. The molecule has 3 aromatic rings. The number of esters is 1. The van der Waals surface area contributed by atoms with Crippen LogP contribution in [0.3, 0.4) is 0 Å². The first kappa shape index (κ1) is 18.2. The smallest absolute Gasteiger partial charge is 0.343 e. The number of amides is 1. The van der Waals surface area contributed by atoms with Crippen LogP contribution in [0.15, 0.2) is 72.2 Å². The molecule has 7 nitrogen and oxygen atoms in total. The maximum atomic E-state index is 12.1. The van der Waals surface area contributed by atoms with Crippen LogP contribution in [0.2, 0.25) is 5.02 Å². The molecule has 1 aromatic heterocycles. The molecule has 0 aliphatic carbocycles. The summed E-state index contributed by atoms with van der Waals surface area (Å²) >= 11 is 5.80. The zero-order valence-electron chi connectivity index (χ0n) is 13.9. The molecule has 0 saturated carbocycles. The van der Waals surface area contributed by atoms with E-state index in [9.17, 15) is 9.59 Å². The Morgan fingerprint density at radius 2 is 1.93 bits per heavy atom. The summed E-state index contributed by atoms with van der Waals surface area (Å²) in [6.45, 7) is 0. The van der Waals surface area contributed by atoms with Crippen molar-refractivity contribution in [2.24, 2.45) is 5.10 Å². The number of carbonyl (C=O) groups is 2. The molecule has 0 aliphatic heterocycles. The summed E-state index contributed by atoms with van der Waals surface area (Å²) in [7, 11) is 0. The van der Waals surface area contributed by atoms with E-state index in [2.05, 4.69) is 20.5 Å². The lowest BCUT2D eigenvalue weighted by Gasteiger charge is -2.05. The second-order valence-corrected chi connectivity index (χ2v) is 5.70. The fourth-order valence-electron chi connectivity index (χ4n) is 2.05. The van der Waals surface area contributed by atoms with E-state index in [0.717, 1.165) is 0 Å². The highest BCUT2D eigenvalue weighted by Crippen LogP contribution is 2.16. The predicted molar refractivity (Wildman–Crippen MR) is 99.9 cm³/mol. The van der Waals surface area contributed by atoms with Crippen molar-refractivity contribution in [1.82, 2.24) is 15.4 Å². The molecule has 0 unspecified atom stereocenters. The number of halogens is 1. The van der Waals surface area contributed by atoms with Crippen molar-refractivity contribution in [3.05, 3.63) is 89.0 Å². The minimum absolute atomic E-state index is 0.153. The van der Waals surface area contributed by atoms with Gasteiger partial charge < -0.3 is 4.74 Å². The lowest BCUT2D eigenvalue weighted by Crippen LogP contribution is -2.19. The van der Waals surface area contributed by atoms with Crippen LogP contribution in [0.4, 0.5) is 0 Å². The number of carbonyl (C=O) groups excluding carboxylic acids is 2. The van der Waals surface area contributed by atoms with Gasteiger partial charge in [0.05, 0.1) is 18.0 Å². The Morgan fingerprint density at radius 1 is 1.11 bits per heavy atom. The summed E-state index contributed by atoms with van der Waals surface area (Å²) in [5.74, 6) is -0.638. The number of rotatable bonds is 5. The summed E-state index contributed by atoms with van der Waals surface area (Å²) in [6.07, 6.45) is 5.64. The maximum absolute atomic E-state index is 12.1. The molecule has 27 heavy (non-hydrogen) atoms. The fraction of sp³-hybridized carbons (Fsp3) is 0. The lowest BCUT2D eigenvalue weighted by atomic mass is 10.2. The van der Waals surface area contributed by atoms with Crippen molar-refractivity contribution in [3.8, 4) is 5.75 Å². The van der Waals surface area contributed by atoms with Crippen LogP contribution in [-0.2, 0) is 0 Å². The van der Waals surface area contributed by atoms with Gasteiger partial charge in [0.1, 0.15) is 11.4 Å². The summed E-state index contributed by atoms with van der Waals surface area (Å²) in [4.78, 5) is 31.6. The number of nitrogens with one attached hydrogen (secondary N) is 1. The lowest BCUT2D eigenvalue weighted by molar-refractivity contribution is 0.0734. The third kappa shape index (κ3) is 5.20. The van der Waals surface area contributed by atoms with Crippen molar-refractivity contribution in [2.45, 2.75) is 0 Å². The van der Waals surface area contributed by atoms with Crippen LogP contribution in [-0.4, -0.2) is 28.1 Å². The van der Waals surface area contributed by atoms with Crippen LogP contribution < -0.4 is 10.2 Å². The van der Waals surface area contributed by atoms with E-state index >= 15 is 0 Å². The van der Waals surface area contributed by atoms with Gasteiger partial charge in [0.25, 0.3) is 5.91 Å². The van der Waals surface area contributed by atoms with E-state index in [0.29, 0.717) is 21.9 Å². The molecule has 1 N–H and O–H groups in total. The molecule has 1 heterocycles. The van der Waals surface area contributed by atoms with E-state index in [4.69, 9.17) is 16.3 Å². The Kier molecular flexibility index (Phi) is 5.86. The highest BCUT2D eigenvalue weighted by Gasteiger charge is 2.09. The fourth-order valence-corrected chi connectivity index (χ4v) is 2.18. The number of ether oxygens (including phenoxy) is 1. The standard InChI is InChI=1S/C19H13ClN4O3/c20-15-6-4-14(5-7-15)19(26)27-16-3-1-2-13(10-16)11-23-24-18(25)17-12-21-8-9-22-17/h1-12H,(H,24,25)/b23-11+. The minimum atomic E-state index is -0.503. The van der Waals surface area contributed by atoms with Crippen molar-refractivity contribution >= 4 is 29.7 Å². The molecule has 1 amide bonds. The highest BCUT2D eigenvalue weighted by atomic mass is 35.5. The summed E-state index contributed by atoms with van der Waals surface area (Å²) < 4.78 is 5.33. The van der Waals surface area contributed by atoms with Crippen LogP contribution in [0.1, 0.15) is 26.4 Å². The molecular formula is C19H13ClN4O3. The molecule has 0 radical (unpaired) electrons. The summed E-state index contributed by atoms with van der Waals surface area (Å²) in [5, 5.41) is 4.39. The van der Waals surface area contributed by atoms with E-state index in [-0.39, 0.29) is 5.69 Å². The number of nitrogens with zero attached hydrogens (tertiary/aromatic N) is 3. The molecule has 2 aromatic carbocycles. The number of aromatic nitrogens is 2. The number of hydrogen-bond acceptors (Lipinski definition) is 6. The third-order valence-corrected chi connectivity index (χ3v) is 3.58. The molecule has 0 atom stereocenters. The van der Waals surface area contributed by atoms with Crippen molar-refractivity contribution in [1.29, 1.82) is 0 Å². The van der Waals surface area contributed by atoms with Crippen molar-refractivity contribution in [3.63, 3.8) is 0 Å². The van der Waals surface area contributed by atoms with Gasteiger partial charge in [-0.05, 0) is 42.0 Å². The largest absolute Gasteiger partial charge is 0.423 e. The van der Waals surface area contributed by atoms with E-state index in [1.807, 2.05) is 0 Å². The second kappa shape index (κ2) is 8.68. The molecule has 8 heteroatoms. The van der Waals surface area contributed by atoms with Gasteiger partial charge >= 0.3 is 5.97 Å². The van der Waals surface area contributed by atoms with Crippen LogP contribution in [0.5, 0.6) is 5.75 Å². The van der Waals surface area contributed by atoms with Crippen LogP contribution >= 0.6 is 11.6 Å². The average Bonchev–Trinajstić information content (AvgIpc) is 2.69. The number of benzene rings is 2. The van der Waals surface area contributed by atoms with E-state index < -0.39 is 11.9 Å². The van der Waals surface area contributed by atoms with Crippen molar-refractivity contribution < 1.29 is 14.3 Å². The second-order valence-electron chi connectivity index (χ2n) is 5.26. The van der Waals surface area contributed by atoms with E-state index in [1.54, 1.807) is 48.5 Å². The molecule has 0 bridgehead atoms. The van der Waals surface area contributed by atoms with Gasteiger partial charge in [-0.1, -0.05) is 23.7 Å². The normalized spacial score (nSPS) is 10.6. The quantitative estimate of drug-likeness (QED) is 0.317. The molecule has 3 rings (SSSR count). The number of hydrazone groups is 1. The van der Waals surface area contributed by atoms with Gasteiger partial charge in [-0.3, -0.25) is 9.78 Å². The van der Waals surface area contributed by atoms with Crippen LogP contribution in [0.25, 0.3) is 0 Å². The van der Waals surface area contributed by atoms with E-state index in [1.165, 1.54) is 24.8 Å². The Balaban J connectivity index is 1.62. The summed E-state index contributed by atoms with van der Waals surface area (Å²) in [6, 6.07) is 13.1. The van der Waals surface area contributed by atoms with Gasteiger partial charge in [-0.25, -0.2) is 15.2 Å². The molecular weight excluding hydrogens is 368 g/mol. The van der Waals surface area contributed by atoms with Gasteiger partial charge in [0, 0.05) is 17.4 Å². The van der Waals surface area contributed by atoms with Gasteiger partial charge in [0.2, 0.25) is 0 Å². The molecule has 0 aliphatic rings. The predicted octanol–water partition coefficient (Wildman–Crippen LogP) is 3.11. The molecule has 0 spiro atoms. The van der Waals surface area contributed by atoms with Crippen molar-refractivity contribution in [2.75, 3.05) is 0 Å². The Hall–Kier alpha value is -3.58. The summed E-state index contributed by atoms with van der Waals surface area (Å²) in [5.41, 5.74) is 3.52. The van der Waals surface area contributed by atoms with Gasteiger partial charge in [-0.15, -0.1) is 0 Å². The zero-order chi connectivity index (χ0) is 19.1. The molecule has 134 valence electrons. The average molecular weight is 381 g/mol. The maximum Gasteiger partial charge on any atom is 0.343 e. The molecule has 0 saturated heterocycles.